The molecule has 25 heavy (non-hydrogen) atoms. The fourth-order valence-electron chi connectivity index (χ4n) is 3.44. The summed E-state index contributed by atoms with van der Waals surface area (Å²) in [7, 11) is 3.13. The van der Waals surface area contributed by atoms with Crippen molar-refractivity contribution in [2.24, 2.45) is 20.0 Å². The molecule has 0 spiro atoms. The van der Waals surface area contributed by atoms with E-state index in [-0.39, 0.29) is 11.2 Å². The third-order valence-corrected chi connectivity index (χ3v) is 4.91. The molecule has 3 aromatic rings. The molecule has 0 bridgehead atoms. The minimum absolute atomic E-state index is 0.311. The minimum Gasteiger partial charge on any atom is -0.312 e. The Balaban J connectivity index is 2.05. The van der Waals surface area contributed by atoms with E-state index in [1.807, 2.05) is 33.7 Å². The van der Waals surface area contributed by atoms with E-state index in [2.05, 4.69) is 11.9 Å². The van der Waals surface area contributed by atoms with Crippen LogP contribution >= 0.6 is 11.6 Å². The normalized spacial score (nSPS) is 17.1. The van der Waals surface area contributed by atoms with Crippen molar-refractivity contribution in [2.75, 3.05) is 11.4 Å². The van der Waals surface area contributed by atoms with E-state index in [1.54, 1.807) is 7.05 Å². The van der Waals surface area contributed by atoms with Gasteiger partial charge in [-0.1, -0.05) is 24.6 Å². The molecule has 0 N–H and O–H groups in total. The summed E-state index contributed by atoms with van der Waals surface area (Å²) in [5.41, 5.74) is 1.08. The molecule has 1 atom stereocenters. The lowest BCUT2D eigenvalue weighted by atomic mass is 10.1. The molecular formula is C17H18ClN5O2. The first-order valence-corrected chi connectivity index (χ1v) is 8.45. The molecule has 0 fully saturated rings. The maximum Gasteiger partial charge on any atom is 0.332 e. The van der Waals surface area contributed by atoms with Gasteiger partial charge in [0, 0.05) is 37.9 Å². The summed E-state index contributed by atoms with van der Waals surface area (Å²) >= 11 is 6.15. The Morgan fingerprint density at radius 1 is 1.16 bits per heavy atom. The van der Waals surface area contributed by atoms with E-state index >= 15 is 0 Å². The Bertz CT molecular complexity index is 1110. The molecule has 1 aromatic carbocycles. The molecule has 0 radical (unpaired) electrons. The number of anilines is 2. The van der Waals surface area contributed by atoms with Gasteiger partial charge in [-0.05, 0) is 24.1 Å². The number of aryl methyl sites for hydroxylation is 1. The zero-order valence-corrected chi connectivity index (χ0v) is 15.0. The van der Waals surface area contributed by atoms with Gasteiger partial charge in [0.25, 0.3) is 5.56 Å². The molecule has 7 nitrogen and oxygen atoms in total. The van der Waals surface area contributed by atoms with Crippen molar-refractivity contribution in [3.8, 4) is 0 Å². The quantitative estimate of drug-likeness (QED) is 0.665. The SMILES string of the molecule is C[C@H]1CN(c2cccc(Cl)c2)c2nc3c(c(=O)n(C)c(=O)n3C)n2C1. The fourth-order valence-corrected chi connectivity index (χ4v) is 3.63. The van der Waals surface area contributed by atoms with Crippen LogP contribution in [0.25, 0.3) is 11.2 Å². The predicted molar refractivity (Wildman–Crippen MR) is 97.8 cm³/mol. The smallest absolute Gasteiger partial charge is 0.312 e. The van der Waals surface area contributed by atoms with Gasteiger partial charge in [0.2, 0.25) is 5.95 Å². The minimum atomic E-state index is -0.379. The van der Waals surface area contributed by atoms with Gasteiger partial charge >= 0.3 is 5.69 Å². The number of halogens is 1. The Kier molecular flexibility index (Phi) is 3.50. The van der Waals surface area contributed by atoms with Gasteiger partial charge in [-0.2, -0.15) is 4.98 Å². The van der Waals surface area contributed by atoms with Gasteiger partial charge in [-0.15, -0.1) is 0 Å². The van der Waals surface area contributed by atoms with E-state index in [0.717, 1.165) is 16.8 Å². The predicted octanol–water partition coefficient (Wildman–Crippen LogP) is 1.87. The molecule has 0 amide bonds. The van der Waals surface area contributed by atoms with E-state index < -0.39 is 0 Å². The summed E-state index contributed by atoms with van der Waals surface area (Å²) in [5, 5.41) is 0.640. The topological polar surface area (TPSA) is 65.1 Å². The second kappa shape index (κ2) is 5.49. The van der Waals surface area contributed by atoms with Crippen molar-refractivity contribution in [2.45, 2.75) is 13.5 Å². The Labute approximate surface area is 148 Å². The van der Waals surface area contributed by atoms with Crippen molar-refractivity contribution in [3.63, 3.8) is 0 Å². The highest BCUT2D eigenvalue weighted by atomic mass is 35.5. The fraction of sp³-hybridized carbons (Fsp3) is 0.353. The van der Waals surface area contributed by atoms with E-state index in [4.69, 9.17) is 11.6 Å². The largest absolute Gasteiger partial charge is 0.332 e. The van der Waals surface area contributed by atoms with E-state index in [9.17, 15) is 9.59 Å². The van der Waals surface area contributed by atoms with Crippen LogP contribution in [0, 0.1) is 5.92 Å². The van der Waals surface area contributed by atoms with Crippen molar-refractivity contribution in [3.05, 3.63) is 50.1 Å². The van der Waals surface area contributed by atoms with Crippen LogP contribution in [0.1, 0.15) is 6.92 Å². The summed E-state index contributed by atoms with van der Waals surface area (Å²) < 4.78 is 4.45. The highest BCUT2D eigenvalue weighted by Crippen LogP contribution is 2.33. The van der Waals surface area contributed by atoms with Crippen molar-refractivity contribution >= 4 is 34.4 Å². The van der Waals surface area contributed by atoms with Crippen LogP contribution in [-0.4, -0.2) is 25.2 Å². The van der Waals surface area contributed by atoms with Gasteiger partial charge in [-0.3, -0.25) is 13.9 Å². The first kappa shape index (κ1) is 16.0. The zero-order chi connectivity index (χ0) is 17.9. The molecular weight excluding hydrogens is 342 g/mol. The molecule has 0 aliphatic carbocycles. The van der Waals surface area contributed by atoms with Gasteiger partial charge in [0.05, 0.1) is 0 Å². The number of imidazole rings is 1. The van der Waals surface area contributed by atoms with Crippen LogP contribution in [0.15, 0.2) is 33.9 Å². The standard InChI is InChI=1S/C17H18ClN5O2/c1-10-8-22(12-6-4-5-11(18)7-12)16-19-14-13(23(16)9-10)15(24)21(3)17(25)20(14)2/h4-7,10H,8-9H2,1-3H3/t10-/m0/s1. The van der Waals surface area contributed by atoms with Crippen LogP contribution in [0.2, 0.25) is 5.02 Å². The number of nitrogens with zero attached hydrogens (tertiary/aromatic N) is 5. The number of hydrogen-bond acceptors (Lipinski definition) is 4. The average molecular weight is 360 g/mol. The molecule has 3 heterocycles. The maximum atomic E-state index is 12.7. The van der Waals surface area contributed by atoms with Crippen LogP contribution < -0.4 is 16.1 Å². The monoisotopic (exact) mass is 359 g/mol. The molecule has 2 aromatic heterocycles. The summed E-state index contributed by atoms with van der Waals surface area (Å²) in [5.74, 6) is 0.972. The maximum absolute atomic E-state index is 12.7. The van der Waals surface area contributed by atoms with Crippen LogP contribution in [0.3, 0.4) is 0 Å². The Morgan fingerprint density at radius 3 is 2.64 bits per heavy atom. The number of fused-ring (bicyclic) bond motifs is 3. The molecule has 0 unspecified atom stereocenters. The number of rotatable bonds is 1. The third-order valence-electron chi connectivity index (χ3n) is 4.68. The van der Waals surface area contributed by atoms with Crippen molar-refractivity contribution in [1.82, 2.24) is 18.7 Å². The summed E-state index contributed by atoms with van der Waals surface area (Å²) in [4.78, 5) is 31.6. The Morgan fingerprint density at radius 2 is 1.92 bits per heavy atom. The molecule has 0 saturated carbocycles. The lowest BCUT2D eigenvalue weighted by Gasteiger charge is -2.33. The first-order chi connectivity index (χ1) is 11.9. The average Bonchev–Trinajstić information content (AvgIpc) is 2.96. The van der Waals surface area contributed by atoms with Gasteiger partial charge < -0.3 is 9.47 Å². The third kappa shape index (κ3) is 2.30. The lowest BCUT2D eigenvalue weighted by Crippen LogP contribution is -2.38. The second-order valence-corrected chi connectivity index (χ2v) is 7.03. The molecule has 1 aliphatic rings. The molecule has 4 rings (SSSR count). The molecule has 130 valence electrons. The van der Waals surface area contributed by atoms with Crippen molar-refractivity contribution in [1.29, 1.82) is 0 Å². The molecule has 8 heteroatoms. The van der Waals surface area contributed by atoms with Crippen LogP contribution in [0.4, 0.5) is 11.6 Å². The van der Waals surface area contributed by atoms with E-state index in [1.165, 1.54) is 11.6 Å². The highest BCUT2D eigenvalue weighted by Gasteiger charge is 2.29. The van der Waals surface area contributed by atoms with Gasteiger partial charge in [-0.25, -0.2) is 4.79 Å². The molecule has 0 saturated heterocycles. The Hall–Kier alpha value is -2.54. The van der Waals surface area contributed by atoms with Crippen LogP contribution in [0.5, 0.6) is 0 Å². The summed E-state index contributed by atoms with van der Waals surface area (Å²) in [6.45, 7) is 3.56. The van der Waals surface area contributed by atoms with Crippen LogP contribution in [-0.2, 0) is 20.6 Å². The zero-order valence-electron chi connectivity index (χ0n) is 14.2. The number of benzene rings is 1. The molecule has 1 aliphatic heterocycles. The summed E-state index contributed by atoms with van der Waals surface area (Å²) in [6.07, 6.45) is 0. The number of hydrogen-bond donors (Lipinski definition) is 0. The van der Waals surface area contributed by atoms with Crippen molar-refractivity contribution < 1.29 is 0 Å². The highest BCUT2D eigenvalue weighted by molar-refractivity contribution is 6.30. The van der Waals surface area contributed by atoms with Gasteiger partial charge in [0.1, 0.15) is 0 Å². The summed E-state index contributed by atoms with van der Waals surface area (Å²) in [6, 6.07) is 7.55. The van der Waals surface area contributed by atoms with E-state index in [0.29, 0.717) is 34.6 Å². The van der Waals surface area contributed by atoms with Gasteiger partial charge in [0.15, 0.2) is 11.2 Å². The lowest BCUT2D eigenvalue weighted by molar-refractivity contribution is 0.458. The first-order valence-electron chi connectivity index (χ1n) is 8.08. The second-order valence-electron chi connectivity index (χ2n) is 6.60. The number of aromatic nitrogens is 4.